The first-order valence-electron chi connectivity index (χ1n) is 11.4. The molecule has 10 nitrogen and oxygen atoms in total. The fraction of sp³-hybridized carbons (Fsp3) is 0.240. The molecule has 0 bridgehead atoms. The number of aromatic nitrogens is 4. The number of nitriles is 1. The number of fused-ring (bicyclic) bond motifs is 2. The van der Waals surface area contributed by atoms with Gasteiger partial charge in [0.2, 0.25) is 5.91 Å². The number of rotatable bonds is 5. The maximum Gasteiger partial charge on any atom is 0.586 e. The minimum Gasteiger partial charge on any atom is -0.395 e. The summed E-state index contributed by atoms with van der Waals surface area (Å²) in [6.45, 7) is 1.39. The molecular formula is C25H18F2N6O4. The largest absolute Gasteiger partial charge is 0.586 e. The first-order chi connectivity index (χ1) is 17.7. The maximum atomic E-state index is 13.5. The molecule has 0 unspecified atom stereocenters. The molecule has 12 heteroatoms. The molecule has 4 aromatic rings. The van der Waals surface area contributed by atoms with Crippen LogP contribution in [0.15, 0.2) is 47.5 Å². The molecule has 0 saturated heterocycles. The highest BCUT2D eigenvalue weighted by Crippen LogP contribution is 2.44. The van der Waals surface area contributed by atoms with E-state index in [2.05, 4.69) is 30.6 Å². The molecule has 1 N–H and O–H groups in total. The fourth-order valence-electron chi connectivity index (χ4n) is 4.40. The number of carbonyl (C=O) groups excluding carboxylic acids is 1. The summed E-state index contributed by atoms with van der Waals surface area (Å²) in [7, 11) is 0. The van der Waals surface area contributed by atoms with Crippen LogP contribution >= 0.6 is 0 Å². The average Bonchev–Trinajstić information content (AvgIpc) is 3.45. The number of aryl methyl sites for hydroxylation is 1. The summed E-state index contributed by atoms with van der Waals surface area (Å²) in [5.41, 5.74) is 2.60. The topological polar surface area (TPSA) is 126 Å². The number of hydrogen-bond donors (Lipinski definition) is 1. The summed E-state index contributed by atoms with van der Waals surface area (Å²) in [4.78, 5) is 35.1. The average molecular weight is 504 g/mol. The molecule has 3 heterocycles. The van der Waals surface area contributed by atoms with Gasteiger partial charge in [0.15, 0.2) is 17.0 Å². The lowest BCUT2D eigenvalue weighted by molar-refractivity contribution is -0.286. The van der Waals surface area contributed by atoms with Gasteiger partial charge in [-0.25, -0.2) is 9.67 Å². The monoisotopic (exact) mass is 504 g/mol. The molecule has 2 aromatic heterocycles. The summed E-state index contributed by atoms with van der Waals surface area (Å²) < 4.78 is 37.0. The van der Waals surface area contributed by atoms with Crippen molar-refractivity contribution in [2.45, 2.75) is 38.6 Å². The highest BCUT2D eigenvalue weighted by atomic mass is 19.3. The minimum atomic E-state index is -3.77. The van der Waals surface area contributed by atoms with E-state index in [0.717, 1.165) is 23.1 Å². The van der Waals surface area contributed by atoms with Gasteiger partial charge in [-0.2, -0.15) is 10.4 Å². The van der Waals surface area contributed by atoms with Gasteiger partial charge in [0.05, 0.1) is 23.5 Å². The molecule has 1 aliphatic carbocycles. The molecule has 6 rings (SSSR count). The van der Waals surface area contributed by atoms with Gasteiger partial charge in [-0.15, -0.1) is 8.78 Å². The quantitative estimate of drug-likeness (QED) is 0.441. The summed E-state index contributed by atoms with van der Waals surface area (Å²) >= 11 is 0. The number of alkyl halides is 2. The minimum absolute atomic E-state index is 0.114. The Morgan fingerprint density at radius 2 is 2.03 bits per heavy atom. The van der Waals surface area contributed by atoms with E-state index < -0.39 is 24.3 Å². The summed E-state index contributed by atoms with van der Waals surface area (Å²) in [6, 6.07) is 11.3. The number of benzene rings is 2. The van der Waals surface area contributed by atoms with Gasteiger partial charge in [-0.1, -0.05) is 6.07 Å². The van der Waals surface area contributed by atoms with E-state index in [0.29, 0.717) is 28.0 Å². The Hall–Kier alpha value is -4.79. The molecule has 2 aromatic carbocycles. The molecule has 37 heavy (non-hydrogen) atoms. The van der Waals surface area contributed by atoms with Crippen LogP contribution in [0.25, 0.3) is 22.3 Å². The first-order valence-corrected chi connectivity index (χ1v) is 11.4. The van der Waals surface area contributed by atoms with E-state index in [1.54, 1.807) is 25.1 Å². The number of ether oxygens (including phenoxy) is 2. The summed E-state index contributed by atoms with van der Waals surface area (Å²) in [5.74, 6) is -0.742. The zero-order chi connectivity index (χ0) is 25.9. The number of hydrogen-bond acceptors (Lipinski definition) is 7. The highest BCUT2D eigenvalue weighted by molar-refractivity contribution is 5.95. The standard InChI is InChI=1S/C25H18F2N6O4/c1-13-8-14(2-3-15(13)10-28)21-22-23(30-12-29-22)24(35)32(31-21)11-20(34)33(16-4-5-16)17-6-7-18-19(9-17)37-25(26,27)36-18/h2-3,6-9,12,16H,4-5,11H2,1H3,(H,29,30). The van der Waals surface area contributed by atoms with Crippen LogP contribution in [-0.4, -0.2) is 38.0 Å². The van der Waals surface area contributed by atoms with Gasteiger partial charge in [0.1, 0.15) is 12.2 Å². The molecule has 0 atom stereocenters. The van der Waals surface area contributed by atoms with Crippen LogP contribution in [0.2, 0.25) is 0 Å². The van der Waals surface area contributed by atoms with Crippen LogP contribution in [0.1, 0.15) is 24.0 Å². The van der Waals surface area contributed by atoms with Crippen molar-refractivity contribution >= 4 is 22.6 Å². The summed E-state index contributed by atoms with van der Waals surface area (Å²) in [5, 5.41) is 13.7. The van der Waals surface area contributed by atoms with Gasteiger partial charge < -0.3 is 19.4 Å². The number of amides is 1. The van der Waals surface area contributed by atoms with Crippen LogP contribution < -0.4 is 19.9 Å². The van der Waals surface area contributed by atoms with Crippen molar-refractivity contribution in [3.63, 3.8) is 0 Å². The number of carbonyl (C=O) groups is 1. The van der Waals surface area contributed by atoms with E-state index in [9.17, 15) is 23.6 Å². The predicted molar refractivity (Wildman–Crippen MR) is 126 cm³/mol. The third-order valence-corrected chi connectivity index (χ3v) is 6.28. The summed E-state index contributed by atoms with van der Waals surface area (Å²) in [6.07, 6.45) is -0.940. The number of imidazole rings is 1. The van der Waals surface area contributed by atoms with E-state index in [1.165, 1.54) is 29.4 Å². The predicted octanol–water partition coefficient (Wildman–Crippen LogP) is 3.48. The van der Waals surface area contributed by atoms with Crippen molar-refractivity contribution in [3.8, 4) is 28.8 Å². The smallest absolute Gasteiger partial charge is 0.395 e. The molecular weight excluding hydrogens is 486 g/mol. The molecule has 0 radical (unpaired) electrons. The van der Waals surface area contributed by atoms with Crippen molar-refractivity contribution in [1.82, 2.24) is 19.7 Å². The zero-order valence-corrected chi connectivity index (χ0v) is 19.4. The maximum absolute atomic E-state index is 13.5. The molecule has 186 valence electrons. The number of anilines is 1. The Labute approximate surface area is 207 Å². The van der Waals surface area contributed by atoms with E-state index in [-0.39, 0.29) is 23.1 Å². The van der Waals surface area contributed by atoms with E-state index >= 15 is 0 Å². The second-order valence-electron chi connectivity index (χ2n) is 8.87. The number of H-pyrrole nitrogens is 1. The van der Waals surface area contributed by atoms with E-state index in [4.69, 9.17) is 0 Å². The Bertz CT molecular complexity index is 1680. The van der Waals surface area contributed by atoms with Crippen molar-refractivity contribution in [2.24, 2.45) is 0 Å². The van der Waals surface area contributed by atoms with Crippen LogP contribution in [0.3, 0.4) is 0 Å². The van der Waals surface area contributed by atoms with Crippen LogP contribution in [0, 0.1) is 18.3 Å². The second-order valence-corrected chi connectivity index (χ2v) is 8.87. The lowest BCUT2D eigenvalue weighted by Gasteiger charge is -2.23. The number of nitrogens with zero attached hydrogens (tertiary/aromatic N) is 5. The Morgan fingerprint density at radius 1 is 1.24 bits per heavy atom. The number of aromatic amines is 1. The molecule has 1 aliphatic heterocycles. The second kappa shape index (κ2) is 8.12. The zero-order valence-electron chi connectivity index (χ0n) is 19.4. The molecule has 0 spiro atoms. The highest BCUT2D eigenvalue weighted by Gasteiger charge is 2.44. The Balaban J connectivity index is 1.37. The van der Waals surface area contributed by atoms with Crippen LogP contribution in [0.5, 0.6) is 11.5 Å². The van der Waals surface area contributed by atoms with Gasteiger partial charge in [-0.05, 0) is 49.6 Å². The van der Waals surface area contributed by atoms with Gasteiger partial charge in [0.25, 0.3) is 5.56 Å². The lowest BCUT2D eigenvalue weighted by atomic mass is 10.0. The third kappa shape index (κ3) is 3.94. The van der Waals surface area contributed by atoms with Gasteiger partial charge >= 0.3 is 6.29 Å². The van der Waals surface area contributed by atoms with Crippen molar-refractivity contribution in [3.05, 3.63) is 64.2 Å². The molecule has 1 amide bonds. The van der Waals surface area contributed by atoms with Crippen molar-refractivity contribution < 1.29 is 23.0 Å². The van der Waals surface area contributed by atoms with E-state index in [1.807, 2.05) is 0 Å². The van der Waals surface area contributed by atoms with Crippen LogP contribution in [-0.2, 0) is 11.3 Å². The Morgan fingerprint density at radius 3 is 2.76 bits per heavy atom. The fourth-order valence-corrected chi connectivity index (χ4v) is 4.40. The lowest BCUT2D eigenvalue weighted by Crippen LogP contribution is -2.39. The number of halogens is 2. The van der Waals surface area contributed by atoms with Gasteiger partial charge in [-0.3, -0.25) is 9.59 Å². The first kappa shape index (κ1) is 22.7. The molecule has 2 aliphatic rings. The number of nitrogens with one attached hydrogen (secondary N) is 1. The van der Waals surface area contributed by atoms with Crippen molar-refractivity contribution in [1.29, 1.82) is 5.26 Å². The normalized spacial score (nSPS) is 15.5. The SMILES string of the molecule is Cc1cc(-c2nn(CC(=O)N(c3ccc4c(c3)OC(F)(F)O4)C3CC3)c(=O)c3nc[nH]c23)ccc1C#N. The van der Waals surface area contributed by atoms with Gasteiger partial charge in [0, 0.05) is 23.4 Å². The molecule has 1 saturated carbocycles. The third-order valence-electron chi connectivity index (χ3n) is 6.28. The Kier molecular flexibility index (Phi) is 4.98. The van der Waals surface area contributed by atoms with Crippen LogP contribution in [0.4, 0.5) is 14.5 Å². The molecule has 1 fully saturated rings. The van der Waals surface area contributed by atoms with Crippen molar-refractivity contribution in [2.75, 3.05) is 4.90 Å².